The minimum atomic E-state index is -0.974. The van der Waals surface area contributed by atoms with Crippen molar-refractivity contribution < 1.29 is 24.5 Å². The van der Waals surface area contributed by atoms with Gasteiger partial charge in [0.1, 0.15) is 6.04 Å². The summed E-state index contributed by atoms with van der Waals surface area (Å²) in [4.78, 5) is 26.4. The highest BCUT2D eigenvalue weighted by molar-refractivity contribution is 7.99. The Morgan fingerprint density at radius 1 is 1.42 bits per heavy atom. The lowest BCUT2D eigenvalue weighted by Crippen LogP contribution is -2.56. The predicted molar refractivity (Wildman–Crippen MR) is 69.0 cm³/mol. The maximum Gasteiger partial charge on any atom is 0.327 e. The Balaban J connectivity index is 2.04. The number of nitrogens with zero attached hydrogens (tertiary/aromatic N) is 2. The molecule has 8 heteroatoms. The molecule has 2 N–H and O–H groups in total. The number of aliphatic carboxylic acids is 1. The number of carboxylic acids is 1. The highest BCUT2D eigenvalue weighted by atomic mass is 32.2. The van der Waals surface area contributed by atoms with Gasteiger partial charge < -0.3 is 24.7 Å². The Morgan fingerprint density at radius 3 is 2.79 bits per heavy atom. The van der Waals surface area contributed by atoms with Crippen LogP contribution in [0.3, 0.4) is 0 Å². The van der Waals surface area contributed by atoms with Gasteiger partial charge in [0.2, 0.25) is 0 Å². The van der Waals surface area contributed by atoms with E-state index >= 15 is 0 Å². The summed E-state index contributed by atoms with van der Waals surface area (Å²) < 4.78 is 5.47. The molecule has 2 amide bonds. The third kappa shape index (κ3) is 3.13. The van der Waals surface area contributed by atoms with E-state index in [0.717, 1.165) is 0 Å². The number of carboxylic acid groups (broad SMARTS) is 1. The molecular weight excluding hydrogens is 272 g/mol. The van der Waals surface area contributed by atoms with Crippen LogP contribution in [0.1, 0.15) is 6.92 Å². The van der Waals surface area contributed by atoms with E-state index in [1.165, 1.54) is 16.7 Å². The van der Waals surface area contributed by atoms with Crippen molar-refractivity contribution in [3.63, 3.8) is 0 Å². The van der Waals surface area contributed by atoms with Gasteiger partial charge in [-0.25, -0.2) is 9.59 Å². The number of carbonyl (C=O) groups excluding carboxylic acids is 1. The fraction of sp³-hybridized carbons (Fsp3) is 0.818. The number of aliphatic hydroxyl groups is 1. The van der Waals surface area contributed by atoms with Crippen molar-refractivity contribution in [3.8, 4) is 0 Å². The number of amides is 2. The first kappa shape index (κ1) is 14.4. The lowest BCUT2D eigenvalue weighted by atomic mass is 10.2. The summed E-state index contributed by atoms with van der Waals surface area (Å²) in [7, 11) is 0. The molecule has 0 aromatic carbocycles. The van der Waals surface area contributed by atoms with Gasteiger partial charge in [-0.2, -0.15) is 0 Å². The molecule has 108 valence electrons. The molecule has 2 saturated heterocycles. The quantitative estimate of drug-likeness (QED) is 0.722. The normalized spacial score (nSPS) is 31.6. The van der Waals surface area contributed by atoms with Gasteiger partial charge in [-0.15, -0.1) is 11.8 Å². The van der Waals surface area contributed by atoms with Crippen LogP contribution in [-0.2, 0) is 9.53 Å². The fourth-order valence-corrected chi connectivity index (χ4v) is 3.46. The minimum absolute atomic E-state index is 0.148. The largest absolute Gasteiger partial charge is 0.480 e. The van der Waals surface area contributed by atoms with Gasteiger partial charge >= 0.3 is 12.0 Å². The van der Waals surface area contributed by atoms with E-state index in [-0.39, 0.29) is 18.7 Å². The van der Waals surface area contributed by atoms with Gasteiger partial charge in [0.25, 0.3) is 0 Å². The number of hydrogen-bond donors (Lipinski definition) is 2. The molecule has 2 aliphatic rings. The molecule has 2 aliphatic heterocycles. The number of morpholine rings is 1. The average Bonchev–Trinajstić information content (AvgIpc) is 2.86. The van der Waals surface area contributed by atoms with Crippen LogP contribution in [0.2, 0.25) is 0 Å². The van der Waals surface area contributed by atoms with E-state index in [0.29, 0.717) is 24.7 Å². The predicted octanol–water partition coefficient (Wildman–Crippen LogP) is -0.352. The smallest absolute Gasteiger partial charge is 0.327 e. The first-order chi connectivity index (χ1) is 9.02. The lowest BCUT2D eigenvalue weighted by molar-refractivity contribution is -0.141. The molecule has 0 bridgehead atoms. The van der Waals surface area contributed by atoms with Crippen molar-refractivity contribution >= 4 is 23.8 Å². The molecule has 0 aromatic rings. The summed E-state index contributed by atoms with van der Waals surface area (Å²) >= 11 is 1.44. The van der Waals surface area contributed by atoms with E-state index in [9.17, 15) is 9.59 Å². The molecule has 0 spiro atoms. The first-order valence-corrected chi connectivity index (χ1v) is 7.30. The molecule has 7 nitrogen and oxygen atoms in total. The second kappa shape index (κ2) is 5.98. The van der Waals surface area contributed by atoms with Crippen molar-refractivity contribution in [1.29, 1.82) is 0 Å². The van der Waals surface area contributed by atoms with Crippen LogP contribution in [0.15, 0.2) is 0 Å². The third-order valence-corrected chi connectivity index (χ3v) is 4.23. The monoisotopic (exact) mass is 290 g/mol. The number of aliphatic hydroxyl groups excluding tert-OH is 1. The molecule has 2 unspecified atom stereocenters. The number of urea groups is 1. The number of thioether (sulfide) groups is 1. The summed E-state index contributed by atoms with van der Waals surface area (Å²) in [5.41, 5.74) is 0. The van der Waals surface area contributed by atoms with Gasteiger partial charge in [0.05, 0.1) is 31.2 Å². The van der Waals surface area contributed by atoms with E-state index in [1.807, 2.05) is 6.92 Å². The average molecular weight is 290 g/mol. The number of hydrogen-bond acceptors (Lipinski definition) is 5. The number of rotatable bonds is 2. The topological polar surface area (TPSA) is 90.3 Å². The van der Waals surface area contributed by atoms with Gasteiger partial charge in [-0.1, -0.05) is 0 Å². The second-order valence-electron chi connectivity index (χ2n) is 4.76. The van der Waals surface area contributed by atoms with E-state index in [4.69, 9.17) is 14.9 Å². The molecule has 0 aliphatic carbocycles. The van der Waals surface area contributed by atoms with E-state index in [2.05, 4.69) is 0 Å². The Bertz CT molecular complexity index is 367. The molecule has 3 atom stereocenters. The molecule has 0 radical (unpaired) electrons. The van der Waals surface area contributed by atoms with Crippen molar-refractivity contribution in [3.05, 3.63) is 0 Å². The van der Waals surface area contributed by atoms with Crippen LogP contribution in [0.25, 0.3) is 0 Å². The van der Waals surface area contributed by atoms with Crippen molar-refractivity contribution in [2.24, 2.45) is 0 Å². The molecule has 2 heterocycles. The van der Waals surface area contributed by atoms with Crippen LogP contribution in [0.5, 0.6) is 0 Å². The van der Waals surface area contributed by atoms with Crippen LogP contribution in [0, 0.1) is 0 Å². The van der Waals surface area contributed by atoms with Gasteiger partial charge in [-0.05, 0) is 6.92 Å². The summed E-state index contributed by atoms with van der Waals surface area (Å²) in [6.45, 7) is 2.40. The Morgan fingerprint density at radius 2 is 2.16 bits per heavy atom. The minimum Gasteiger partial charge on any atom is -0.480 e. The molecule has 19 heavy (non-hydrogen) atoms. The van der Waals surface area contributed by atoms with Crippen LogP contribution in [0.4, 0.5) is 4.79 Å². The molecule has 0 aromatic heterocycles. The summed E-state index contributed by atoms with van der Waals surface area (Å²) in [6, 6.07) is -1.05. The van der Waals surface area contributed by atoms with Crippen LogP contribution < -0.4 is 0 Å². The third-order valence-electron chi connectivity index (χ3n) is 3.21. The summed E-state index contributed by atoms with van der Waals surface area (Å²) in [5.74, 6) is -0.159. The van der Waals surface area contributed by atoms with E-state index in [1.54, 1.807) is 4.90 Å². The molecule has 0 saturated carbocycles. The van der Waals surface area contributed by atoms with Gasteiger partial charge in [0, 0.05) is 12.3 Å². The highest BCUT2D eigenvalue weighted by Gasteiger charge is 2.39. The van der Waals surface area contributed by atoms with Crippen molar-refractivity contribution in [1.82, 2.24) is 9.80 Å². The zero-order chi connectivity index (χ0) is 14.0. The fourth-order valence-electron chi connectivity index (χ4n) is 2.32. The Kier molecular flexibility index (Phi) is 4.54. The van der Waals surface area contributed by atoms with Crippen LogP contribution in [-0.4, -0.2) is 81.6 Å². The van der Waals surface area contributed by atoms with Crippen molar-refractivity contribution in [2.45, 2.75) is 25.2 Å². The van der Waals surface area contributed by atoms with Crippen LogP contribution >= 0.6 is 11.8 Å². The standard InChI is InChI=1S/C11H18N2O5S/c1-7-2-12(3-8(4-14)18-7)11(17)13-6-19-5-9(13)10(15)16/h7-9,14H,2-6H2,1H3,(H,15,16)/t7?,8?,9-/m0/s1. The zero-order valence-corrected chi connectivity index (χ0v) is 11.5. The lowest BCUT2D eigenvalue weighted by Gasteiger charge is -2.38. The summed E-state index contributed by atoms with van der Waals surface area (Å²) in [5, 5.41) is 18.2. The number of ether oxygens (including phenoxy) is 1. The zero-order valence-electron chi connectivity index (χ0n) is 10.7. The Labute approximate surface area is 115 Å². The molecular formula is C11H18N2O5S. The van der Waals surface area contributed by atoms with E-state index < -0.39 is 18.1 Å². The highest BCUT2D eigenvalue weighted by Crippen LogP contribution is 2.24. The van der Waals surface area contributed by atoms with Gasteiger partial charge in [-0.3, -0.25) is 0 Å². The SMILES string of the molecule is CC1CN(C(=O)N2CSC[C@H]2C(=O)O)CC(CO)O1. The van der Waals surface area contributed by atoms with Crippen molar-refractivity contribution in [2.75, 3.05) is 31.3 Å². The maximum atomic E-state index is 12.4. The molecule has 2 rings (SSSR count). The Hall–Kier alpha value is -0.990. The molecule has 2 fully saturated rings. The maximum absolute atomic E-state index is 12.4. The summed E-state index contributed by atoms with van der Waals surface area (Å²) in [6.07, 6.45) is -0.556. The van der Waals surface area contributed by atoms with Gasteiger partial charge in [0.15, 0.2) is 0 Å². The second-order valence-corrected chi connectivity index (χ2v) is 5.76. The first-order valence-electron chi connectivity index (χ1n) is 6.15. The number of carbonyl (C=O) groups is 2.